The Morgan fingerprint density at radius 1 is 1.20 bits per heavy atom. The summed E-state index contributed by atoms with van der Waals surface area (Å²) in [5.41, 5.74) is 10.1. The van der Waals surface area contributed by atoms with Crippen molar-refractivity contribution in [2.45, 2.75) is 44.6 Å². The summed E-state index contributed by atoms with van der Waals surface area (Å²) in [7, 11) is -0.465. The fourth-order valence-corrected chi connectivity index (χ4v) is 2.20. The zero-order valence-corrected chi connectivity index (χ0v) is 13.0. The van der Waals surface area contributed by atoms with E-state index >= 15 is 0 Å². The van der Waals surface area contributed by atoms with Crippen molar-refractivity contribution in [2.75, 3.05) is 0 Å². The molecule has 1 heterocycles. The van der Waals surface area contributed by atoms with E-state index in [2.05, 4.69) is 22.7 Å². The summed E-state index contributed by atoms with van der Waals surface area (Å²) in [6.07, 6.45) is 0. The highest BCUT2D eigenvalue weighted by molar-refractivity contribution is 7.79. The van der Waals surface area contributed by atoms with Crippen LogP contribution in [-0.4, -0.2) is 18.3 Å². The minimum absolute atomic E-state index is 0.396. The first-order chi connectivity index (χ1) is 9.29. The lowest BCUT2D eigenvalue weighted by Gasteiger charge is -2.32. The number of thiol groups is 1. The summed E-state index contributed by atoms with van der Waals surface area (Å²) < 4.78 is 12.0. The third-order valence-electron chi connectivity index (χ3n) is 3.87. The molecule has 0 spiro atoms. The summed E-state index contributed by atoms with van der Waals surface area (Å²) in [5, 5.41) is 3.66. The van der Waals surface area contributed by atoms with Gasteiger partial charge in [-0.15, -0.1) is 0 Å². The molecule has 1 aromatic carbocycles. The molecule has 20 heavy (non-hydrogen) atoms. The van der Waals surface area contributed by atoms with Gasteiger partial charge in [-0.2, -0.15) is 12.6 Å². The molecule has 1 aliphatic heterocycles. The van der Waals surface area contributed by atoms with Crippen LogP contribution >= 0.6 is 12.6 Å². The van der Waals surface area contributed by atoms with Crippen LogP contribution in [0.3, 0.4) is 0 Å². The van der Waals surface area contributed by atoms with E-state index in [1.165, 1.54) is 0 Å². The summed E-state index contributed by atoms with van der Waals surface area (Å²) in [5.74, 6) is 0.557. The molecule has 106 valence electrons. The molecular weight excluding hydrogens is 273 g/mol. The average Bonchev–Trinajstić information content (AvgIpc) is 2.58. The first kappa shape index (κ1) is 15.3. The van der Waals surface area contributed by atoms with E-state index in [0.29, 0.717) is 11.4 Å². The van der Waals surface area contributed by atoms with E-state index in [4.69, 9.17) is 14.8 Å². The SMILES string of the molecule is CC1(C)OB(c2cc(CS)cc(N=[N+]=[N-])c2)OC1(C)C. The van der Waals surface area contributed by atoms with E-state index in [1.807, 2.05) is 39.8 Å². The Balaban J connectivity index is 2.39. The lowest BCUT2D eigenvalue weighted by atomic mass is 9.78. The Labute approximate surface area is 124 Å². The van der Waals surface area contributed by atoms with Gasteiger partial charge in [0.05, 0.1) is 11.2 Å². The second-order valence-electron chi connectivity index (χ2n) is 5.87. The van der Waals surface area contributed by atoms with Crippen molar-refractivity contribution in [3.05, 3.63) is 34.2 Å². The second-order valence-corrected chi connectivity index (χ2v) is 6.18. The number of nitrogens with zero attached hydrogens (tertiary/aromatic N) is 3. The minimum atomic E-state index is -0.465. The number of hydrogen-bond acceptors (Lipinski definition) is 4. The third-order valence-corrected chi connectivity index (χ3v) is 4.23. The van der Waals surface area contributed by atoms with Crippen LogP contribution in [0.5, 0.6) is 0 Å². The fourth-order valence-electron chi connectivity index (χ4n) is 2.02. The first-order valence-corrected chi connectivity index (χ1v) is 7.08. The molecule has 5 nitrogen and oxygen atoms in total. The molecule has 0 amide bonds. The van der Waals surface area contributed by atoms with Gasteiger partial charge < -0.3 is 9.31 Å². The van der Waals surface area contributed by atoms with E-state index in [9.17, 15) is 0 Å². The normalized spacial score (nSPS) is 19.8. The maximum Gasteiger partial charge on any atom is 0.494 e. The topological polar surface area (TPSA) is 67.2 Å². The van der Waals surface area contributed by atoms with Gasteiger partial charge in [0.1, 0.15) is 0 Å². The molecule has 2 rings (SSSR count). The molecule has 0 aliphatic carbocycles. The second kappa shape index (κ2) is 5.33. The van der Waals surface area contributed by atoms with Crippen molar-refractivity contribution in [1.82, 2.24) is 0 Å². The maximum atomic E-state index is 8.58. The van der Waals surface area contributed by atoms with Crippen molar-refractivity contribution < 1.29 is 9.31 Å². The minimum Gasteiger partial charge on any atom is -0.399 e. The molecule has 7 heteroatoms. The van der Waals surface area contributed by atoms with Crippen LogP contribution in [0, 0.1) is 0 Å². The van der Waals surface area contributed by atoms with Gasteiger partial charge in [0.15, 0.2) is 0 Å². The smallest absolute Gasteiger partial charge is 0.399 e. The molecule has 1 fully saturated rings. The Morgan fingerprint density at radius 3 is 2.30 bits per heavy atom. The summed E-state index contributed by atoms with van der Waals surface area (Å²) in [6, 6.07) is 5.56. The van der Waals surface area contributed by atoms with Gasteiger partial charge in [-0.25, -0.2) is 0 Å². The predicted molar refractivity (Wildman–Crippen MR) is 83.7 cm³/mol. The molecule has 0 N–H and O–H groups in total. The number of azide groups is 1. The standard InChI is InChI=1S/C13H18BN3O2S/c1-12(2)13(3,4)19-14(18-12)10-5-9(8-20)6-11(7-10)16-17-15/h5-7,20H,8H2,1-4H3. The molecule has 1 aromatic rings. The van der Waals surface area contributed by atoms with Gasteiger partial charge in [-0.1, -0.05) is 17.2 Å². The number of hydrogen-bond donors (Lipinski definition) is 1. The lowest BCUT2D eigenvalue weighted by Crippen LogP contribution is -2.41. The van der Waals surface area contributed by atoms with E-state index < -0.39 is 18.3 Å². The molecule has 0 saturated carbocycles. The Bertz CT molecular complexity index is 555. The Kier molecular flexibility index (Phi) is 4.07. The van der Waals surface area contributed by atoms with Crippen LogP contribution in [0.4, 0.5) is 5.69 Å². The van der Waals surface area contributed by atoms with Crippen molar-refractivity contribution in [3.63, 3.8) is 0 Å². The zero-order chi connectivity index (χ0) is 15.0. The van der Waals surface area contributed by atoms with Crippen LogP contribution in [0.1, 0.15) is 33.3 Å². The van der Waals surface area contributed by atoms with Crippen LogP contribution in [0.15, 0.2) is 23.3 Å². The molecule has 0 atom stereocenters. The van der Waals surface area contributed by atoms with Crippen LogP contribution in [0.2, 0.25) is 0 Å². The van der Waals surface area contributed by atoms with Crippen LogP contribution in [-0.2, 0) is 15.1 Å². The Morgan fingerprint density at radius 2 is 1.80 bits per heavy atom. The first-order valence-electron chi connectivity index (χ1n) is 6.44. The molecule has 0 aromatic heterocycles. The molecule has 0 bridgehead atoms. The van der Waals surface area contributed by atoms with E-state index in [-0.39, 0.29) is 0 Å². The average molecular weight is 291 g/mol. The van der Waals surface area contributed by atoms with Crippen LogP contribution < -0.4 is 5.46 Å². The summed E-state index contributed by atoms with van der Waals surface area (Å²) in [6.45, 7) is 8.02. The summed E-state index contributed by atoms with van der Waals surface area (Å²) >= 11 is 4.27. The van der Waals surface area contributed by atoms with Crippen LogP contribution in [0.25, 0.3) is 10.4 Å². The Hall–Kier alpha value is -1.14. The summed E-state index contributed by atoms with van der Waals surface area (Å²) in [4.78, 5) is 2.82. The molecule has 1 saturated heterocycles. The molecule has 0 radical (unpaired) electrons. The van der Waals surface area contributed by atoms with Gasteiger partial charge in [0.25, 0.3) is 0 Å². The van der Waals surface area contributed by atoms with Gasteiger partial charge in [0, 0.05) is 16.4 Å². The van der Waals surface area contributed by atoms with Gasteiger partial charge in [-0.05, 0) is 50.3 Å². The van der Waals surface area contributed by atoms with Gasteiger partial charge in [0.2, 0.25) is 0 Å². The number of rotatable bonds is 3. The van der Waals surface area contributed by atoms with Gasteiger partial charge >= 0.3 is 7.12 Å². The van der Waals surface area contributed by atoms with Crippen molar-refractivity contribution in [2.24, 2.45) is 5.11 Å². The quantitative estimate of drug-likeness (QED) is 0.305. The highest BCUT2D eigenvalue weighted by atomic mass is 32.1. The lowest BCUT2D eigenvalue weighted by molar-refractivity contribution is 0.00578. The largest absolute Gasteiger partial charge is 0.494 e. The predicted octanol–water partition coefficient (Wildman–Crippen LogP) is 3.36. The number of benzene rings is 1. The highest BCUT2D eigenvalue weighted by Crippen LogP contribution is 2.36. The molecule has 0 unspecified atom stereocenters. The fraction of sp³-hybridized carbons (Fsp3) is 0.538. The van der Waals surface area contributed by atoms with Crippen molar-refractivity contribution in [3.8, 4) is 0 Å². The third kappa shape index (κ3) is 2.81. The van der Waals surface area contributed by atoms with E-state index in [0.717, 1.165) is 11.0 Å². The maximum absolute atomic E-state index is 8.58. The van der Waals surface area contributed by atoms with E-state index in [1.54, 1.807) is 6.07 Å². The molecular formula is C13H18BN3O2S. The molecule has 1 aliphatic rings. The highest BCUT2D eigenvalue weighted by Gasteiger charge is 2.51. The van der Waals surface area contributed by atoms with Crippen molar-refractivity contribution in [1.29, 1.82) is 0 Å². The zero-order valence-electron chi connectivity index (χ0n) is 12.1. The van der Waals surface area contributed by atoms with Gasteiger partial charge in [-0.3, -0.25) is 0 Å². The monoisotopic (exact) mass is 291 g/mol. The van der Waals surface area contributed by atoms with Crippen molar-refractivity contribution >= 4 is 30.9 Å².